The number of ether oxygens (including phenoxy) is 1. The predicted molar refractivity (Wildman–Crippen MR) is 78.0 cm³/mol. The van der Waals surface area contributed by atoms with Gasteiger partial charge in [0.1, 0.15) is 5.75 Å². The molecule has 0 radical (unpaired) electrons. The Labute approximate surface area is 118 Å². The largest absolute Gasteiger partial charge is 0.494 e. The van der Waals surface area contributed by atoms with E-state index in [1.54, 1.807) is 0 Å². The van der Waals surface area contributed by atoms with Crippen molar-refractivity contribution in [3.8, 4) is 5.75 Å². The van der Waals surface area contributed by atoms with Crippen LogP contribution >= 0.6 is 12.2 Å². The van der Waals surface area contributed by atoms with Crippen LogP contribution in [-0.2, 0) is 11.3 Å². The third kappa shape index (κ3) is 3.92. The van der Waals surface area contributed by atoms with E-state index in [0.29, 0.717) is 24.6 Å². The lowest BCUT2D eigenvalue weighted by Gasteiger charge is -2.29. The second-order valence-electron chi connectivity index (χ2n) is 4.52. The van der Waals surface area contributed by atoms with E-state index in [4.69, 9.17) is 17.0 Å². The van der Waals surface area contributed by atoms with Crippen LogP contribution < -0.4 is 10.1 Å². The normalized spacial score (nSPS) is 15.3. The maximum Gasteiger partial charge on any atom is 0.227 e. The highest BCUT2D eigenvalue weighted by Crippen LogP contribution is 2.15. The van der Waals surface area contributed by atoms with Crippen LogP contribution in [0, 0.1) is 0 Å². The maximum atomic E-state index is 11.2. The summed E-state index contributed by atoms with van der Waals surface area (Å²) in [4.78, 5) is 13.2. The molecule has 102 valence electrons. The molecule has 1 saturated heterocycles. The first-order chi connectivity index (χ1) is 9.19. The van der Waals surface area contributed by atoms with Crippen molar-refractivity contribution < 1.29 is 9.53 Å². The number of hydrogen-bond donors (Lipinski definition) is 1. The number of benzene rings is 1. The Hall–Kier alpha value is -1.62. The number of rotatable bonds is 5. The third-order valence-electron chi connectivity index (χ3n) is 2.91. The molecule has 1 aromatic carbocycles. The van der Waals surface area contributed by atoms with E-state index < -0.39 is 0 Å². The summed E-state index contributed by atoms with van der Waals surface area (Å²) in [6.45, 7) is 4.22. The van der Waals surface area contributed by atoms with Gasteiger partial charge in [0.25, 0.3) is 0 Å². The van der Waals surface area contributed by atoms with Gasteiger partial charge in [-0.25, -0.2) is 0 Å². The summed E-state index contributed by atoms with van der Waals surface area (Å²) in [5.41, 5.74) is 1.15. The molecule has 0 aromatic heterocycles. The van der Waals surface area contributed by atoms with Crippen molar-refractivity contribution in [2.24, 2.45) is 0 Å². The Morgan fingerprint density at radius 1 is 1.37 bits per heavy atom. The van der Waals surface area contributed by atoms with Gasteiger partial charge in [-0.2, -0.15) is 0 Å². The molecular weight excluding hydrogens is 260 g/mol. The molecule has 1 heterocycles. The minimum Gasteiger partial charge on any atom is -0.494 e. The van der Waals surface area contributed by atoms with E-state index in [1.165, 1.54) is 0 Å². The number of amides is 1. The smallest absolute Gasteiger partial charge is 0.227 e. The van der Waals surface area contributed by atoms with E-state index in [-0.39, 0.29) is 5.91 Å². The van der Waals surface area contributed by atoms with Gasteiger partial charge in [-0.15, -0.1) is 0 Å². The average molecular weight is 278 g/mol. The van der Waals surface area contributed by atoms with Gasteiger partial charge in [-0.3, -0.25) is 4.79 Å². The number of thiocarbonyl (C=S) groups is 1. The van der Waals surface area contributed by atoms with E-state index >= 15 is 0 Å². The molecule has 1 fully saturated rings. The summed E-state index contributed by atoms with van der Waals surface area (Å²) in [6, 6.07) is 8.00. The van der Waals surface area contributed by atoms with E-state index in [2.05, 4.69) is 12.2 Å². The van der Waals surface area contributed by atoms with Crippen molar-refractivity contribution in [3.63, 3.8) is 0 Å². The highest BCUT2D eigenvalue weighted by molar-refractivity contribution is 7.80. The van der Waals surface area contributed by atoms with Gasteiger partial charge in [0.15, 0.2) is 5.11 Å². The van der Waals surface area contributed by atoms with Crippen LogP contribution in [0.15, 0.2) is 24.3 Å². The first kappa shape index (κ1) is 13.8. The lowest BCUT2D eigenvalue weighted by Crippen LogP contribution is -2.48. The number of hydrogen-bond acceptors (Lipinski definition) is 3. The van der Waals surface area contributed by atoms with Crippen LogP contribution in [0.5, 0.6) is 5.75 Å². The zero-order valence-corrected chi connectivity index (χ0v) is 11.8. The second-order valence-corrected chi connectivity index (χ2v) is 4.90. The minimum absolute atomic E-state index is 0.00423. The first-order valence-electron chi connectivity index (χ1n) is 6.49. The SMILES string of the molecule is CCCOc1ccc(CN2CCC(=O)NC2=S)cc1. The number of nitrogens with one attached hydrogen (secondary N) is 1. The molecule has 2 rings (SSSR count). The molecule has 4 nitrogen and oxygen atoms in total. The van der Waals surface area contributed by atoms with Gasteiger partial charge in [0.05, 0.1) is 6.61 Å². The molecule has 19 heavy (non-hydrogen) atoms. The molecule has 1 aromatic rings. The molecule has 0 atom stereocenters. The number of carbonyl (C=O) groups is 1. The van der Waals surface area contributed by atoms with Crippen molar-refractivity contribution in [1.29, 1.82) is 0 Å². The molecule has 5 heteroatoms. The Balaban J connectivity index is 1.92. The Morgan fingerprint density at radius 3 is 2.74 bits per heavy atom. The molecule has 0 bridgehead atoms. The molecule has 1 aliphatic rings. The number of nitrogens with zero attached hydrogens (tertiary/aromatic N) is 1. The summed E-state index contributed by atoms with van der Waals surface area (Å²) in [7, 11) is 0. The Bertz CT molecular complexity index is 459. The monoisotopic (exact) mass is 278 g/mol. The van der Waals surface area contributed by atoms with E-state index in [0.717, 1.165) is 24.3 Å². The van der Waals surface area contributed by atoms with Crippen LogP contribution in [0.25, 0.3) is 0 Å². The zero-order valence-electron chi connectivity index (χ0n) is 11.0. The second kappa shape index (κ2) is 6.52. The number of carbonyl (C=O) groups excluding carboxylic acids is 1. The maximum absolute atomic E-state index is 11.2. The van der Waals surface area contributed by atoms with Crippen LogP contribution in [0.4, 0.5) is 0 Å². The van der Waals surface area contributed by atoms with Crippen molar-refractivity contribution in [3.05, 3.63) is 29.8 Å². The molecule has 1 aliphatic heterocycles. The summed E-state index contributed by atoms with van der Waals surface area (Å²) in [6.07, 6.45) is 1.50. The van der Waals surface area contributed by atoms with Crippen LogP contribution in [0.3, 0.4) is 0 Å². The zero-order chi connectivity index (χ0) is 13.7. The van der Waals surface area contributed by atoms with E-state index in [9.17, 15) is 4.79 Å². The summed E-state index contributed by atoms with van der Waals surface area (Å²) >= 11 is 5.16. The first-order valence-corrected chi connectivity index (χ1v) is 6.90. The highest BCUT2D eigenvalue weighted by atomic mass is 32.1. The summed E-state index contributed by atoms with van der Waals surface area (Å²) in [5, 5.41) is 3.20. The fraction of sp³-hybridized carbons (Fsp3) is 0.429. The van der Waals surface area contributed by atoms with E-state index in [1.807, 2.05) is 29.2 Å². The molecule has 1 N–H and O–H groups in total. The lowest BCUT2D eigenvalue weighted by atomic mass is 10.2. The molecule has 0 saturated carbocycles. The fourth-order valence-electron chi connectivity index (χ4n) is 1.88. The topological polar surface area (TPSA) is 41.6 Å². The quantitative estimate of drug-likeness (QED) is 0.837. The molecule has 0 aliphatic carbocycles. The van der Waals surface area contributed by atoms with Crippen molar-refractivity contribution in [2.45, 2.75) is 26.3 Å². The Kier molecular flexibility index (Phi) is 4.74. The van der Waals surface area contributed by atoms with Gasteiger partial charge >= 0.3 is 0 Å². The molecular formula is C14H18N2O2S. The van der Waals surface area contributed by atoms with Gasteiger partial charge < -0.3 is 15.0 Å². The van der Waals surface area contributed by atoms with Gasteiger partial charge in [0.2, 0.25) is 5.91 Å². The predicted octanol–water partition coefficient (Wildman–Crippen LogP) is 2.08. The molecule has 0 spiro atoms. The van der Waals surface area contributed by atoms with Gasteiger partial charge in [-0.05, 0) is 36.3 Å². The van der Waals surface area contributed by atoms with Crippen LogP contribution in [-0.4, -0.2) is 29.1 Å². The fourth-order valence-corrected chi connectivity index (χ4v) is 2.15. The Morgan fingerprint density at radius 2 is 2.11 bits per heavy atom. The van der Waals surface area contributed by atoms with Crippen molar-refractivity contribution in [1.82, 2.24) is 10.2 Å². The van der Waals surface area contributed by atoms with Crippen LogP contribution in [0.1, 0.15) is 25.3 Å². The summed E-state index contributed by atoms with van der Waals surface area (Å²) in [5.74, 6) is 0.893. The third-order valence-corrected chi connectivity index (χ3v) is 3.27. The van der Waals surface area contributed by atoms with Gasteiger partial charge in [0, 0.05) is 19.5 Å². The van der Waals surface area contributed by atoms with Crippen molar-refractivity contribution in [2.75, 3.05) is 13.2 Å². The average Bonchev–Trinajstić information content (AvgIpc) is 2.41. The lowest BCUT2D eigenvalue weighted by molar-refractivity contribution is -0.120. The highest BCUT2D eigenvalue weighted by Gasteiger charge is 2.19. The summed E-state index contributed by atoms with van der Waals surface area (Å²) < 4.78 is 5.54. The molecule has 1 amide bonds. The van der Waals surface area contributed by atoms with Crippen LogP contribution in [0.2, 0.25) is 0 Å². The minimum atomic E-state index is 0.00423. The van der Waals surface area contributed by atoms with Gasteiger partial charge in [-0.1, -0.05) is 19.1 Å². The standard InChI is InChI=1S/C14H18N2O2S/c1-2-9-18-12-5-3-11(4-6-12)10-16-8-7-13(17)15-14(16)19/h3-6H,2,7-10H2,1H3,(H,15,17,19). The van der Waals surface area contributed by atoms with Crippen molar-refractivity contribution >= 4 is 23.2 Å². The molecule has 0 unspecified atom stereocenters.